The summed E-state index contributed by atoms with van der Waals surface area (Å²) in [7, 11) is 1.50. The number of nitrogens with zero attached hydrogens (tertiary/aromatic N) is 3. The zero-order valence-corrected chi connectivity index (χ0v) is 16.8. The van der Waals surface area contributed by atoms with Gasteiger partial charge in [-0.15, -0.1) is 0 Å². The van der Waals surface area contributed by atoms with E-state index in [1.165, 1.54) is 7.11 Å². The van der Waals surface area contributed by atoms with E-state index in [0.29, 0.717) is 37.1 Å². The first-order valence-corrected chi connectivity index (χ1v) is 9.51. The molecule has 0 saturated carbocycles. The maximum atomic E-state index is 12.2. The summed E-state index contributed by atoms with van der Waals surface area (Å²) in [6, 6.07) is 4.14. The Kier molecular flexibility index (Phi) is 6.61. The summed E-state index contributed by atoms with van der Waals surface area (Å²) in [5.74, 6) is -0.0238. The number of carbonyl (C=O) groups is 1. The summed E-state index contributed by atoms with van der Waals surface area (Å²) in [4.78, 5) is 37.0. The zero-order valence-electron chi connectivity index (χ0n) is 16.8. The van der Waals surface area contributed by atoms with Gasteiger partial charge in [-0.2, -0.15) is 4.98 Å². The summed E-state index contributed by atoms with van der Waals surface area (Å²) in [6.45, 7) is 5.87. The van der Waals surface area contributed by atoms with E-state index < -0.39 is 0 Å². The number of nitrogens with one attached hydrogen (secondary N) is 3. The van der Waals surface area contributed by atoms with Crippen LogP contribution in [0.5, 0.6) is 6.01 Å². The second kappa shape index (κ2) is 9.33. The number of amides is 1. The number of anilines is 1. The second-order valence-electron chi connectivity index (χ2n) is 7.11. The minimum atomic E-state index is -0.223. The molecule has 9 nitrogen and oxygen atoms in total. The van der Waals surface area contributed by atoms with Crippen LogP contribution in [0.4, 0.5) is 5.69 Å². The Morgan fingerprint density at radius 2 is 2.24 bits per heavy atom. The molecule has 1 aliphatic rings. The number of likely N-dealkylation sites (tertiary alicyclic amines) is 1. The van der Waals surface area contributed by atoms with E-state index in [4.69, 9.17) is 4.74 Å². The SMILES string of the molecule is COc1nccc(-c2c[nH]c(=O)c(NC3CN(C(=O)C=CCNC(C)C)C3)c2)n1. The number of aromatic amines is 1. The average Bonchev–Trinajstić information content (AvgIpc) is 2.68. The monoisotopic (exact) mass is 398 g/mol. The van der Waals surface area contributed by atoms with Crippen molar-refractivity contribution in [2.24, 2.45) is 0 Å². The number of aromatic nitrogens is 3. The Labute approximate surface area is 169 Å². The highest BCUT2D eigenvalue weighted by molar-refractivity contribution is 5.88. The number of pyridine rings is 1. The van der Waals surface area contributed by atoms with E-state index in [0.717, 1.165) is 5.56 Å². The van der Waals surface area contributed by atoms with Crippen LogP contribution >= 0.6 is 0 Å². The summed E-state index contributed by atoms with van der Waals surface area (Å²) < 4.78 is 5.05. The molecule has 3 rings (SSSR count). The molecule has 3 heterocycles. The predicted octanol–water partition coefficient (Wildman–Crippen LogP) is 1.02. The Balaban J connectivity index is 1.58. The Hall–Kier alpha value is -3.20. The van der Waals surface area contributed by atoms with Gasteiger partial charge in [0.2, 0.25) is 5.91 Å². The van der Waals surface area contributed by atoms with Crippen molar-refractivity contribution in [2.75, 3.05) is 32.1 Å². The van der Waals surface area contributed by atoms with E-state index in [2.05, 4.69) is 39.4 Å². The molecule has 0 atom stereocenters. The van der Waals surface area contributed by atoms with E-state index >= 15 is 0 Å². The summed E-state index contributed by atoms with van der Waals surface area (Å²) >= 11 is 0. The molecule has 1 saturated heterocycles. The topological polar surface area (TPSA) is 112 Å². The van der Waals surface area contributed by atoms with Crippen LogP contribution in [-0.2, 0) is 4.79 Å². The van der Waals surface area contributed by atoms with E-state index in [1.807, 2.05) is 6.08 Å². The Morgan fingerprint density at radius 1 is 1.45 bits per heavy atom. The molecule has 0 aromatic carbocycles. The maximum absolute atomic E-state index is 12.2. The first-order chi connectivity index (χ1) is 14.0. The smallest absolute Gasteiger partial charge is 0.316 e. The van der Waals surface area contributed by atoms with Crippen molar-refractivity contribution >= 4 is 11.6 Å². The molecule has 0 unspecified atom stereocenters. The third kappa shape index (κ3) is 5.41. The van der Waals surface area contributed by atoms with Gasteiger partial charge in [0.1, 0.15) is 5.69 Å². The van der Waals surface area contributed by atoms with Crippen LogP contribution in [0, 0.1) is 0 Å². The van der Waals surface area contributed by atoms with Gasteiger partial charge in [-0.3, -0.25) is 9.59 Å². The Bertz CT molecular complexity index is 934. The number of ether oxygens (including phenoxy) is 1. The van der Waals surface area contributed by atoms with Crippen molar-refractivity contribution < 1.29 is 9.53 Å². The second-order valence-corrected chi connectivity index (χ2v) is 7.11. The molecular formula is C20H26N6O3. The molecule has 0 radical (unpaired) electrons. The van der Waals surface area contributed by atoms with Gasteiger partial charge in [-0.05, 0) is 12.1 Å². The molecule has 0 spiro atoms. The molecule has 2 aromatic heterocycles. The highest BCUT2D eigenvalue weighted by atomic mass is 16.5. The fourth-order valence-corrected chi connectivity index (χ4v) is 2.88. The first-order valence-electron chi connectivity index (χ1n) is 9.51. The molecule has 2 aromatic rings. The van der Waals surface area contributed by atoms with Gasteiger partial charge in [0.05, 0.1) is 18.8 Å². The molecule has 1 aliphatic heterocycles. The van der Waals surface area contributed by atoms with Crippen molar-refractivity contribution in [3.05, 3.63) is 47.0 Å². The van der Waals surface area contributed by atoms with Gasteiger partial charge in [-0.1, -0.05) is 19.9 Å². The summed E-state index contributed by atoms with van der Waals surface area (Å²) in [6.07, 6.45) is 6.61. The van der Waals surface area contributed by atoms with Gasteiger partial charge in [0.25, 0.3) is 5.56 Å². The van der Waals surface area contributed by atoms with Crippen LogP contribution in [0.25, 0.3) is 11.3 Å². The largest absolute Gasteiger partial charge is 0.467 e. The summed E-state index contributed by atoms with van der Waals surface area (Å²) in [5, 5.41) is 6.43. The molecule has 3 N–H and O–H groups in total. The third-order valence-electron chi connectivity index (χ3n) is 4.47. The lowest BCUT2D eigenvalue weighted by molar-refractivity contribution is -0.129. The molecule has 1 amide bonds. The predicted molar refractivity (Wildman–Crippen MR) is 111 cm³/mol. The number of methoxy groups -OCH3 is 1. The van der Waals surface area contributed by atoms with Crippen LogP contribution in [0.2, 0.25) is 0 Å². The molecule has 9 heteroatoms. The minimum absolute atomic E-state index is 0.0238. The maximum Gasteiger partial charge on any atom is 0.316 e. The van der Waals surface area contributed by atoms with Gasteiger partial charge in [0.15, 0.2) is 0 Å². The Morgan fingerprint density at radius 3 is 2.97 bits per heavy atom. The number of hydrogen-bond donors (Lipinski definition) is 3. The molecular weight excluding hydrogens is 372 g/mol. The van der Waals surface area contributed by atoms with Crippen LogP contribution < -0.4 is 20.9 Å². The third-order valence-corrected chi connectivity index (χ3v) is 4.47. The highest BCUT2D eigenvalue weighted by Crippen LogP contribution is 2.20. The quantitative estimate of drug-likeness (QED) is 0.569. The zero-order chi connectivity index (χ0) is 20.8. The molecule has 1 fully saturated rings. The van der Waals surface area contributed by atoms with Crippen LogP contribution in [0.15, 0.2) is 41.5 Å². The van der Waals surface area contributed by atoms with Crippen LogP contribution in [0.1, 0.15) is 13.8 Å². The molecule has 154 valence electrons. The molecule has 29 heavy (non-hydrogen) atoms. The fraction of sp³-hybridized carbons (Fsp3) is 0.400. The first kappa shape index (κ1) is 20.5. The van der Waals surface area contributed by atoms with Crippen molar-refractivity contribution in [2.45, 2.75) is 25.9 Å². The fourth-order valence-electron chi connectivity index (χ4n) is 2.88. The van der Waals surface area contributed by atoms with Gasteiger partial charge in [-0.25, -0.2) is 4.98 Å². The van der Waals surface area contributed by atoms with E-state index in [-0.39, 0.29) is 23.5 Å². The van der Waals surface area contributed by atoms with Gasteiger partial charge >= 0.3 is 6.01 Å². The lowest BCUT2D eigenvalue weighted by Crippen LogP contribution is -2.57. The van der Waals surface area contributed by atoms with Crippen LogP contribution in [0.3, 0.4) is 0 Å². The lowest BCUT2D eigenvalue weighted by atomic mass is 10.1. The number of carbonyl (C=O) groups excluding carboxylic acids is 1. The number of H-pyrrole nitrogens is 1. The van der Waals surface area contributed by atoms with E-state index in [1.54, 1.807) is 35.5 Å². The van der Waals surface area contributed by atoms with Crippen molar-refractivity contribution in [3.8, 4) is 17.3 Å². The van der Waals surface area contributed by atoms with Crippen molar-refractivity contribution in [1.29, 1.82) is 0 Å². The molecule has 0 aliphatic carbocycles. The number of hydrogen-bond acceptors (Lipinski definition) is 7. The van der Waals surface area contributed by atoms with E-state index in [9.17, 15) is 9.59 Å². The van der Waals surface area contributed by atoms with Crippen LogP contribution in [-0.4, -0.2) is 64.6 Å². The van der Waals surface area contributed by atoms with Crippen molar-refractivity contribution in [1.82, 2.24) is 25.2 Å². The normalized spacial score (nSPS) is 14.3. The molecule has 0 bridgehead atoms. The lowest BCUT2D eigenvalue weighted by Gasteiger charge is -2.39. The van der Waals surface area contributed by atoms with Gasteiger partial charge < -0.3 is 25.3 Å². The summed E-state index contributed by atoms with van der Waals surface area (Å²) in [5.41, 5.74) is 1.59. The van der Waals surface area contributed by atoms with Crippen molar-refractivity contribution in [3.63, 3.8) is 0 Å². The standard InChI is InChI=1S/C20H26N6O3/c1-13(2)21-7-4-5-18(27)26-11-15(12-26)24-17-9-14(10-23-19(17)28)16-6-8-22-20(25-16)29-3/h4-6,8-10,13,15,21,24H,7,11-12H2,1-3H3,(H,23,28). The number of rotatable bonds is 8. The van der Waals surface area contributed by atoms with Gasteiger partial charge in [0, 0.05) is 49.7 Å². The minimum Gasteiger partial charge on any atom is -0.467 e. The average molecular weight is 398 g/mol. The highest BCUT2D eigenvalue weighted by Gasteiger charge is 2.29.